The van der Waals surface area contributed by atoms with Crippen LogP contribution in [0.2, 0.25) is 0 Å². The monoisotopic (exact) mass is 481 g/mol. The van der Waals surface area contributed by atoms with Crippen molar-refractivity contribution >= 4 is 39.2 Å². The Morgan fingerprint density at radius 1 is 0.886 bits per heavy atom. The van der Waals surface area contributed by atoms with Crippen molar-refractivity contribution in [3.05, 3.63) is 101 Å². The number of aromatic nitrogens is 3. The second-order valence-electron chi connectivity index (χ2n) is 8.02. The molecule has 0 aliphatic heterocycles. The summed E-state index contributed by atoms with van der Waals surface area (Å²) in [4.78, 5) is 10.7. The number of thiazole rings is 1. The van der Waals surface area contributed by atoms with Crippen LogP contribution in [0.3, 0.4) is 0 Å². The topological polar surface area (TPSA) is 54.2 Å². The van der Waals surface area contributed by atoms with Crippen molar-refractivity contribution in [2.75, 3.05) is 10.6 Å². The van der Waals surface area contributed by atoms with Crippen LogP contribution >= 0.6 is 11.3 Å². The highest BCUT2D eigenvalue weighted by Gasteiger charge is 2.17. The maximum absolute atomic E-state index is 4.90. The Balaban J connectivity index is 0.00000141. The number of pyridine rings is 1. The van der Waals surface area contributed by atoms with E-state index >= 15 is 0 Å². The summed E-state index contributed by atoms with van der Waals surface area (Å²) in [6.45, 7) is 14.4. The molecule has 3 heterocycles. The van der Waals surface area contributed by atoms with Gasteiger partial charge in [-0.1, -0.05) is 56.8 Å². The van der Waals surface area contributed by atoms with E-state index < -0.39 is 0 Å². The van der Waals surface area contributed by atoms with Crippen molar-refractivity contribution in [1.82, 2.24) is 14.4 Å². The molecule has 2 aromatic carbocycles. The minimum absolute atomic E-state index is 0.859. The average molecular weight is 482 g/mol. The second kappa shape index (κ2) is 10.6. The van der Waals surface area contributed by atoms with Gasteiger partial charge in [0.2, 0.25) is 0 Å². The number of nitrogens with zero attached hydrogens (tertiary/aromatic N) is 3. The van der Waals surface area contributed by atoms with Crippen LogP contribution in [-0.4, -0.2) is 14.4 Å². The lowest BCUT2D eigenvalue weighted by Crippen LogP contribution is -1.99. The molecule has 0 saturated carbocycles. The van der Waals surface area contributed by atoms with Gasteiger partial charge in [-0.15, -0.1) is 11.3 Å². The van der Waals surface area contributed by atoms with E-state index in [1.807, 2.05) is 57.3 Å². The third-order valence-electron chi connectivity index (χ3n) is 5.64. The van der Waals surface area contributed by atoms with Crippen LogP contribution in [0, 0.1) is 20.8 Å². The first kappa shape index (κ1) is 24.2. The number of fused-ring (bicyclic) bond motifs is 1. The van der Waals surface area contributed by atoms with Gasteiger partial charge in [0, 0.05) is 28.1 Å². The third kappa shape index (κ3) is 5.12. The Morgan fingerprint density at radius 2 is 1.60 bits per heavy atom. The molecular weight excluding hydrogens is 450 g/mol. The fourth-order valence-electron chi connectivity index (χ4n) is 3.89. The summed E-state index contributed by atoms with van der Waals surface area (Å²) < 4.78 is 2.10. The van der Waals surface area contributed by atoms with Crippen LogP contribution in [0.15, 0.2) is 79.5 Å². The molecule has 5 rings (SSSR count). The van der Waals surface area contributed by atoms with Gasteiger partial charge in [0.25, 0.3) is 0 Å². The molecule has 35 heavy (non-hydrogen) atoms. The lowest BCUT2D eigenvalue weighted by Gasteiger charge is -2.12. The molecule has 0 unspecified atom stereocenters. The lowest BCUT2D eigenvalue weighted by atomic mass is 10.1. The maximum atomic E-state index is 4.90. The van der Waals surface area contributed by atoms with Crippen molar-refractivity contribution in [2.24, 2.45) is 0 Å². The minimum atomic E-state index is 0.859. The van der Waals surface area contributed by atoms with Crippen molar-refractivity contribution < 1.29 is 0 Å². The summed E-state index contributed by atoms with van der Waals surface area (Å²) in [7, 11) is 0. The fraction of sp³-hybridized carbons (Fsp3) is 0.172. The number of rotatable bonds is 6. The van der Waals surface area contributed by atoms with E-state index in [-0.39, 0.29) is 0 Å². The highest BCUT2D eigenvalue weighted by atomic mass is 32.1. The molecule has 178 valence electrons. The van der Waals surface area contributed by atoms with Crippen LogP contribution < -0.4 is 10.6 Å². The number of hydrogen-bond donors (Lipinski definition) is 2. The molecular formula is C29H31N5S. The molecule has 0 atom stereocenters. The fourth-order valence-corrected chi connectivity index (χ4v) is 4.73. The normalized spacial score (nSPS) is 10.5. The number of anilines is 3. The minimum Gasteiger partial charge on any atom is -0.355 e. The van der Waals surface area contributed by atoms with E-state index in [4.69, 9.17) is 4.98 Å². The van der Waals surface area contributed by atoms with Crippen LogP contribution in [-0.2, 0) is 0 Å². The van der Waals surface area contributed by atoms with Gasteiger partial charge in [-0.25, -0.2) is 9.97 Å². The van der Waals surface area contributed by atoms with Gasteiger partial charge in [-0.3, -0.25) is 4.40 Å². The first-order chi connectivity index (χ1) is 17.0. The molecule has 3 aromatic heterocycles. The largest absolute Gasteiger partial charge is 0.355 e. The van der Waals surface area contributed by atoms with Crippen molar-refractivity contribution in [3.63, 3.8) is 0 Å². The van der Waals surface area contributed by atoms with Gasteiger partial charge in [-0.05, 0) is 62.2 Å². The van der Waals surface area contributed by atoms with E-state index in [0.717, 1.165) is 55.4 Å². The average Bonchev–Trinajstić information content (AvgIpc) is 3.39. The smallest absolute Gasteiger partial charge is 0.188 e. The maximum Gasteiger partial charge on any atom is 0.188 e. The summed E-state index contributed by atoms with van der Waals surface area (Å²) in [5, 5.41) is 7.71. The Kier molecular flexibility index (Phi) is 7.32. The standard InChI is InChI=1S/C27H25N5S.C2H6/c1-17-9-5-6-10-23(17)28-18(2)21-12-14-22(15-13-21)30-27-31-25(20(4)33-27)26-19(3)29-24-11-7-8-16-32(24)26;1-2/h5-16,28H,2H2,1,3-4H3,(H,30,31);1-2H3. The first-order valence-electron chi connectivity index (χ1n) is 11.8. The Bertz CT molecular complexity index is 1460. The molecule has 0 saturated heterocycles. The number of benzene rings is 2. The predicted molar refractivity (Wildman–Crippen MR) is 151 cm³/mol. The lowest BCUT2D eigenvalue weighted by molar-refractivity contribution is 1.17. The highest BCUT2D eigenvalue weighted by Crippen LogP contribution is 2.34. The summed E-state index contributed by atoms with van der Waals surface area (Å²) >= 11 is 1.65. The Morgan fingerprint density at radius 3 is 2.34 bits per heavy atom. The molecule has 5 aromatic rings. The quantitative estimate of drug-likeness (QED) is 0.256. The highest BCUT2D eigenvalue weighted by molar-refractivity contribution is 7.16. The van der Waals surface area contributed by atoms with Gasteiger partial charge < -0.3 is 10.6 Å². The van der Waals surface area contributed by atoms with Crippen LogP contribution in [0.25, 0.3) is 22.7 Å². The van der Waals surface area contributed by atoms with Gasteiger partial charge >= 0.3 is 0 Å². The van der Waals surface area contributed by atoms with Gasteiger partial charge in [0.05, 0.1) is 11.4 Å². The number of imidazole rings is 1. The van der Waals surface area contributed by atoms with E-state index in [1.54, 1.807) is 11.3 Å². The predicted octanol–water partition coefficient (Wildman–Crippen LogP) is 8.24. The SMILES string of the molecule is C=C(Nc1ccccc1C)c1ccc(Nc2nc(-c3c(C)nc4ccccn34)c(C)s2)cc1.CC. The number of nitrogens with one attached hydrogen (secondary N) is 2. The van der Waals surface area contributed by atoms with E-state index in [0.29, 0.717) is 0 Å². The molecule has 0 radical (unpaired) electrons. The molecule has 0 amide bonds. The zero-order valence-electron chi connectivity index (χ0n) is 20.9. The van der Waals surface area contributed by atoms with Crippen LogP contribution in [0.4, 0.5) is 16.5 Å². The van der Waals surface area contributed by atoms with Crippen LogP contribution in [0.5, 0.6) is 0 Å². The first-order valence-corrected chi connectivity index (χ1v) is 12.6. The number of para-hydroxylation sites is 1. The molecule has 0 fully saturated rings. The van der Waals surface area contributed by atoms with Crippen molar-refractivity contribution in [3.8, 4) is 11.4 Å². The van der Waals surface area contributed by atoms with E-state index in [9.17, 15) is 0 Å². The van der Waals surface area contributed by atoms with Gasteiger partial charge in [0.15, 0.2) is 5.13 Å². The molecule has 0 aliphatic rings. The summed E-state index contributed by atoms with van der Waals surface area (Å²) in [6.07, 6.45) is 2.03. The molecule has 6 heteroatoms. The van der Waals surface area contributed by atoms with Crippen LogP contribution in [0.1, 0.15) is 35.5 Å². The van der Waals surface area contributed by atoms with Crippen molar-refractivity contribution in [1.29, 1.82) is 0 Å². The molecule has 0 bridgehead atoms. The summed E-state index contributed by atoms with van der Waals surface area (Å²) in [5.74, 6) is 0. The molecule has 5 nitrogen and oxygen atoms in total. The Hall–Kier alpha value is -3.90. The van der Waals surface area contributed by atoms with E-state index in [2.05, 4.69) is 76.8 Å². The molecule has 0 spiro atoms. The molecule has 2 N–H and O–H groups in total. The van der Waals surface area contributed by atoms with E-state index in [1.165, 1.54) is 5.56 Å². The zero-order valence-corrected chi connectivity index (χ0v) is 21.7. The Labute approximate surface area is 211 Å². The summed E-state index contributed by atoms with van der Waals surface area (Å²) in [6, 6.07) is 22.5. The number of hydrogen-bond acceptors (Lipinski definition) is 5. The molecule has 0 aliphatic carbocycles. The second-order valence-corrected chi connectivity index (χ2v) is 9.22. The number of aryl methyl sites for hydroxylation is 3. The zero-order chi connectivity index (χ0) is 24.9. The third-order valence-corrected chi connectivity index (χ3v) is 6.53. The van der Waals surface area contributed by atoms with Crippen molar-refractivity contribution in [2.45, 2.75) is 34.6 Å². The summed E-state index contributed by atoms with van der Waals surface area (Å²) in [5.41, 5.74) is 9.07. The van der Waals surface area contributed by atoms with Gasteiger partial charge in [0.1, 0.15) is 11.3 Å². The van der Waals surface area contributed by atoms with Gasteiger partial charge in [-0.2, -0.15) is 0 Å².